The summed E-state index contributed by atoms with van der Waals surface area (Å²) >= 11 is 0. The molecule has 0 radical (unpaired) electrons. The number of H-pyrrole nitrogens is 1. The fourth-order valence-corrected chi connectivity index (χ4v) is 4.24. The predicted molar refractivity (Wildman–Crippen MR) is 115 cm³/mol. The van der Waals surface area contributed by atoms with Gasteiger partial charge in [-0.25, -0.2) is 4.98 Å². The van der Waals surface area contributed by atoms with Crippen LogP contribution in [0, 0.1) is 0 Å². The Bertz CT molecular complexity index is 1500. The van der Waals surface area contributed by atoms with Gasteiger partial charge in [0, 0.05) is 0 Å². The zero-order chi connectivity index (χ0) is 20.2. The van der Waals surface area contributed by atoms with E-state index in [1.165, 1.54) is 0 Å². The highest BCUT2D eigenvalue weighted by Crippen LogP contribution is 2.42. The van der Waals surface area contributed by atoms with Gasteiger partial charge in [-0.3, -0.25) is 4.79 Å². The van der Waals surface area contributed by atoms with E-state index in [1.54, 1.807) is 6.07 Å². The van der Waals surface area contributed by atoms with Crippen molar-refractivity contribution in [3.63, 3.8) is 0 Å². The zero-order valence-electron chi connectivity index (χ0n) is 15.8. The monoisotopic (exact) mass is 392 g/mol. The fourth-order valence-electron chi connectivity index (χ4n) is 4.24. The summed E-state index contributed by atoms with van der Waals surface area (Å²) in [5.74, 6) is 1.01. The number of benzene rings is 3. The maximum absolute atomic E-state index is 12.8. The van der Waals surface area contributed by atoms with Gasteiger partial charge in [0.05, 0.1) is 21.9 Å². The highest BCUT2D eigenvalue weighted by atomic mass is 16.3. The number of nitrogens with zero attached hydrogens (tertiary/aromatic N) is 3. The summed E-state index contributed by atoms with van der Waals surface area (Å²) in [5.41, 5.74) is 3.38. The third-order valence-corrected chi connectivity index (χ3v) is 5.57. The van der Waals surface area contributed by atoms with Crippen molar-refractivity contribution in [2.24, 2.45) is 0 Å². The lowest BCUT2D eigenvalue weighted by Gasteiger charge is -2.18. The summed E-state index contributed by atoms with van der Waals surface area (Å²) < 4.78 is 1.92. The van der Waals surface area contributed by atoms with Crippen LogP contribution in [0.3, 0.4) is 0 Å². The van der Waals surface area contributed by atoms with E-state index in [1.807, 2.05) is 77.4 Å². The third-order valence-electron chi connectivity index (χ3n) is 5.57. The molecule has 1 aliphatic heterocycles. The number of hydrogen-bond acceptors (Lipinski definition) is 4. The van der Waals surface area contributed by atoms with Gasteiger partial charge in [0.25, 0.3) is 5.56 Å². The number of imidazole rings is 1. The molecule has 0 bridgehead atoms. The Morgan fingerprint density at radius 3 is 2.43 bits per heavy atom. The molecule has 6 nitrogen and oxygen atoms in total. The molecule has 5 aromatic rings. The van der Waals surface area contributed by atoms with E-state index in [0.717, 1.165) is 22.1 Å². The second-order valence-electron chi connectivity index (χ2n) is 7.30. The molecule has 1 aliphatic rings. The number of rotatable bonds is 2. The van der Waals surface area contributed by atoms with Gasteiger partial charge in [0.2, 0.25) is 0 Å². The number of allylic oxidation sites excluding steroid dienone is 1. The Hall–Kier alpha value is -4.19. The molecule has 6 heteroatoms. The predicted octanol–water partition coefficient (Wildman–Crippen LogP) is 4.19. The molecule has 0 spiro atoms. The minimum Gasteiger partial charge on any atom is -0.509 e. The summed E-state index contributed by atoms with van der Waals surface area (Å²) in [7, 11) is 0. The van der Waals surface area contributed by atoms with E-state index in [-0.39, 0.29) is 11.3 Å². The number of fused-ring (bicyclic) bond motifs is 4. The van der Waals surface area contributed by atoms with Crippen molar-refractivity contribution >= 4 is 27.5 Å². The van der Waals surface area contributed by atoms with E-state index in [4.69, 9.17) is 0 Å². The lowest BCUT2D eigenvalue weighted by molar-refractivity contribution is 0.365. The van der Waals surface area contributed by atoms with Gasteiger partial charge in [0.15, 0.2) is 5.82 Å². The molecule has 0 saturated carbocycles. The van der Waals surface area contributed by atoms with Crippen LogP contribution >= 0.6 is 0 Å². The molecule has 3 aromatic carbocycles. The topological polar surface area (TPSA) is 83.8 Å². The molecule has 1 unspecified atom stereocenters. The molecule has 0 aliphatic carbocycles. The Morgan fingerprint density at radius 1 is 0.867 bits per heavy atom. The number of aromatic nitrogens is 4. The van der Waals surface area contributed by atoms with Crippen molar-refractivity contribution in [3.8, 4) is 0 Å². The standard InChI is InChI=1S/C24H16N4O2/c29-21-19(22-25-16-11-5-6-12-17(16)26-22)23-27-24(30)15-10-4-7-13-18(15)28(23)20(21)14-8-2-1-3-9-14/h1-13,20,29H,(H,25,26). The molecule has 144 valence electrons. The SMILES string of the molecule is O=c1nc2n(c3ccccc13)C(c1ccccc1)C(O)=C2c1nc2ccccc2[nH]1. The van der Waals surface area contributed by atoms with Gasteiger partial charge < -0.3 is 14.7 Å². The summed E-state index contributed by atoms with van der Waals surface area (Å²) in [6.07, 6.45) is 0. The van der Waals surface area contributed by atoms with Crippen molar-refractivity contribution in [1.29, 1.82) is 0 Å². The normalized spacial score (nSPS) is 15.8. The highest BCUT2D eigenvalue weighted by molar-refractivity contribution is 5.88. The Kier molecular flexibility index (Phi) is 3.43. The van der Waals surface area contributed by atoms with Crippen LogP contribution in [0.25, 0.3) is 27.5 Å². The van der Waals surface area contributed by atoms with Gasteiger partial charge in [-0.2, -0.15) is 4.98 Å². The molecule has 6 rings (SSSR count). The van der Waals surface area contributed by atoms with Gasteiger partial charge in [-0.05, 0) is 29.8 Å². The van der Waals surface area contributed by atoms with Crippen LogP contribution in [0.4, 0.5) is 0 Å². The maximum Gasteiger partial charge on any atom is 0.281 e. The van der Waals surface area contributed by atoms with Crippen LogP contribution in [0.5, 0.6) is 0 Å². The molecule has 0 saturated heterocycles. The number of aliphatic hydroxyl groups is 1. The summed E-state index contributed by atoms with van der Waals surface area (Å²) in [6.45, 7) is 0. The van der Waals surface area contributed by atoms with Crippen LogP contribution < -0.4 is 5.56 Å². The van der Waals surface area contributed by atoms with Crippen molar-refractivity contribution in [2.75, 3.05) is 0 Å². The minimum absolute atomic E-state index is 0.114. The molecular formula is C24H16N4O2. The van der Waals surface area contributed by atoms with Crippen molar-refractivity contribution < 1.29 is 5.11 Å². The van der Waals surface area contributed by atoms with E-state index in [0.29, 0.717) is 22.6 Å². The molecule has 2 N–H and O–H groups in total. The van der Waals surface area contributed by atoms with E-state index in [9.17, 15) is 9.90 Å². The van der Waals surface area contributed by atoms with Crippen LogP contribution in [0.1, 0.15) is 23.3 Å². The van der Waals surface area contributed by atoms with Crippen molar-refractivity contribution in [1.82, 2.24) is 19.5 Å². The Morgan fingerprint density at radius 2 is 1.60 bits per heavy atom. The average molecular weight is 392 g/mol. The number of aromatic amines is 1. The van der Waals surface area contributed by atoms with Gasteiger partial charge in [-0.15, -0.1) is 0 Å². The zero-order valence-corrected chi connectivity index (χ0v) is 15.8. The van der Waals surface area contributed by atoms with Crippen LogP contribution in [0.15, 0.2) is 89.4 Å². The van der Waals surface area contributed by atoms with Gasteiger partial charge in [-0.1, -0.05) is 54.6 Å². The summed E-state index contributed by atoms with van der Waals surface area (Å²) in [6, 6.07) is 24.2. The molecule has 30 heavy (non-hydrogen) atoms. The molecular weight excluding hydrogens is 376 g/mol. The largest absolute Gasteiger partial charge is 0.509 e. The lowest BCUT2D eigenvalue weighted by Crippen LogP contribution is -2.19. The molecule has 1 atom stereocenters. The summed E-state index contributed by atoms with van der Waals surface area (Å²) in [5, 5.41) is 11.9. The van der Waals surface area contributed by atoms with Crippen LogP contribution in [0.2, 0.25) is 0 Å². The van der Waals surface area contributed by atoms with Crippen LogP contribution in [-0.2, 0) is 0 Å². The second kappa shape index (κ2) is 6.15. The smallest absolute Gasteiger partial charge is 0.281 e. The lowest BCUT2D eigenvalue weighted by atomic mass is 10.0. The van der Waals surface area contributed by atoms with Crippen LogP contribution in [-0.4, -0.2) is 24.6 Å². The first kappa shape index (κ1) is 16.7. The van der Waals surface area contributed by atoms with E-state index in [2.05, 4.69) is 15.0 Å². The number of hydrogen-bond donors (Lipinski definition) is 2. The van der Waals surface area contributed by atoms with Gasteiger partial charge in [0.1, 0.15) is 23.2 Å². The average Bonchev–Trinajstić information content (AvgIpc) is 3.32. The Labute approximate surface area is 170 Å². The number of aliphatic hydroxyl groups excluding tert-OH is 1. The second-order valence-corrected chi connectivity index (χ2v) is 7.30. The first-order chi connectivity index (χ1) is 14.7. The maximum atomic E-state index is 12.8. The van der Waals surface area contributed by atoms with E-state index >= 15 is 0 Å². The molecule has 0 amide bonds. The quantitative estimate of drug-likeness (QED) is 0.472. The molecule has 3 heterocycles. The fraction of sp³-hybridized carbons (Fsp3) is 0.0417. The third kappa shape index (κ3) is 2.27. The van der Waals surface area contributed by atoms with Gasteiger partial charge >= 0.3 is 0 Å². The number of nitrogens with one attached hydrogen (secondary N) is 1. The minimum atomic E-state index is -0.498. The van der Waals surface area contributed by atoms with Crippen molar-refractivity contribution in [2.45, 2.75) is 6.04 Å². The molecule has 0 fully saturated rings. The van der Waals surface area contributed by atoms with E-state index < -0.39 is 6.04 Å². The highest BCUT2D eigenvalue weighted by Gasteiger charge is 2.36. The summed E-state index contributed by atoms with van der Waals surface area (Å²) in [4.78, 5) is 25.1. The van der Waals surface area contributed by atoms with Crippen molar-refractivity contribution in [3.05, 3.63) is 112 Å². The molecule has 2 aromatic heterocycles. The number of para-hydroxylation sites is 3. The first-order valence-corrected chi connectivity index (χ1v) is 9.67. The first-order valence-electron chi connectivity index (χ1n) is 9.67. The Balaban J connectivity index is 1.72.